The molecule has 0 atom stereocenters. The van der Waals surface area contributed by atoms with Crippen LogP contribution in [0.2, 0.25) is 0 Å². The van der Waals surface area contributed by atoms with E-state index in [1.807, 2.05) is 0 Å². The predicted molar refractivity (Wildman–Crippen MR) is 89.8 cm³/mol. The SMILES string of the molecule is CNC(=O)c1cccc([N+](=O)[O-])c1.O=C(Cl)c1cccc([N+](=O)[O-])c1. The molecule has 1 N–H and O–H groups in total. The van der Waals surface area contributed by atoms with Crippen LogP contribution in [0.15, 0.2) is 48.5 Å². The van der Waals surface area contributed by atoms with Crippen LogP contribution in [-0.4, -0.2) is 28.0 Å². The molecule has 0 saturated carbocycles. The van der Waals surface area contributed by atoms with Gasteiger partial charge >= 0.3 is 0 Å². The molecular weight excluding hydrogens is 354 g/mol. The highest BCUT2D eigenvalue weighted by molar-refractivity contribution is 6.67. The van der Waals surface area contributed by atoms with Gasteiger partial charge in [-0.1, -0.05) is 12.1 Å². The molecular formula is C15H12ClN3O6. The van der Waals surface area contributed by atoms with Crippen LogP contribution < -0.4 is 5.32 Å². The van der Waals surface area contributed by atoms with Gasteiger partial charge in [0.2, 0.25) is 0 Å². The molecule has 0 aliphatic carbocycles. The number of amides is 1. The number of halogens is 1. The molecule has 1 amide bonds. The molecule has 0 spiro atoms. The van der Waals surface area contributed by atoms with E-state index >= 15 is 0 Å². The first kappa shape index (κ1) is 19.7. The molecule has 0 heterocycles. The van der Waals surface area contributed by atoms with Gasteiger partial charge in [0.25, 0.3) is 22.5 Å². The maximum atomic E-state index is 11.1. The number of hydrogen-bond donors (Lipinski definition) is 1. The first-order valence-electron chi connectivity index (χ1n) is 6.67. The fraction of sp³-hybridized carbons (Fsp3) is 0.0667. The lowest BCUT2D eigenvalue weighted by atomic mass is 10.2. The molecule has 0 aliphatic rings. The number of rotatable bonds is 4. The van der Waals surface area contributed by atoms with E-state index in [2.05, 4.69) is 5.32 Å². The van der Waals surface area contributed by atoms with Gasteiger partial charge in [-0.15, -0.1) is 0 Å². The summed E-state index contributed by atoms with van der Waals surface area (Å²) in [6, 6.07) is 10.8. The zero-order valence-corrected chi connectivity index (χ0v) is 13.6. The van der Waals surface area contributed by atoms with Crippen molar-refractivity contribution in [1.29, 1.82) is 0 Å². The smallest absolute Gasteiger partial charge is 0.270 e. The quantitative estimate of drug-likeness (QED) is 0.503. The summed E-state index contributed by atoms with van der Waals surface area (Å²) >= 11 is 5.12. The molecule has 2 rings (SSSR count). The Morgan fingerprint density at radius 3 is 1.76 bits per heavy atom. The Kier molecular flexibility index (Phi) is 7.16. The second-order valence-corrected chi connectivity index (χ2v) is 4.81. The maximum absolute atomic E-state index is 11.1. The van der Waals surface area contributed by atoms with E-state index in [1.54, 1.807) is 0 Å². The highest BCUT2D eigenvalue weighted by Crippen LogP contribution is 2.14. The number of hydrogen-bond acceptors (Lipinski definition) is 6. The second kappa shape index (κ2) is 9.08. The lowest BCUT2D eigenvalue weighted by molar-refractivity contribution is -0.385. The van der Waals surface area contributed by atoms with Crippen LogP contribution in [-0.2, 0) is 0 Å². The van der Waals surface area contributed by atoms with Gasteiger partial charge < -0.3 is 5.32 Å². The fourth-order valence-corrected chi connectivity index (χ4v) is 1.76. The molecule has 0 unspecified atom stereocenters. The van der Waals surface area contributed by atoms with E-state index in [1.165, 1.54) is 49.5 Å². The number of nitrogens with zero attached hydrogens (tertiary/aromatic N) is 2. The predicted octanol–water partition coefficient (Wildman–Crippen LogP) is 2.93. The van der Waals surface area contributed by atoms with Gasteiger partial charge in [0.15, 0.2) is 0 Å². The summed E-state index contributed by atoms with van der Waals surface area (Å²) in [4.78, 5) is 41.1. The summed E-state index contributed by atoms with van der Waals surface area (Å²) in [5.41, 5.74) is 0.199. The van der Waals surface area contributed by atoms with E-state index < -0.39 is 15.1 Å². The topological polar surface area (TPSA) is 132 Å². The summed E-state index contributed by atoms with van der Waals surface area (Å²) in [7, 11) is 1.47. The highest BCUT2D eigenvalue weighted by Gasteiger charge is 2.09. The van der Waals surface area contributed by atoms with E-state index in [-0.39, 0.29) is 28.4 Å². The lowest BCUT2D eigenvalue weighted by Crippen LogP contribution is -2.17. The average Bonchev–Trinajstić information content (AvgIpc) is 2.61. The molecule has 9 nitrogen and oxygen atoms in total. The third-order valence-corrected chi connectivity index (χ3v) is 3.05. The first-order valence-corrected chi connectivity index (χ1v) is 7.05. The van der Waals surface area contributed by atoms with Crippen LogP contribution in [0, 0.1) is 20.2 Å². The first-order chi connectivity index (χ1) is 11.8. The van der Waals surface area contributed by atoms with Crippen molar-refractivity contribution in [1.82, 2.24) is 5.32 Å². The van der Waals surface area contributed by atoms with Crippen LogP contribution in [0.3, 0.4) is 0 Å². The Balaban J connectivity index is 0.000000251. The Bertz CT molecular complexity index is 795. The fourth-order valence-electron chi connectivity index (χ4n) is 1.65. The third kappa shape index (κ3) is 5.99. The third-order valence-electron chi connectivity index (χ3n) is 2.83. The van der Waals surface area contributed by atoms with E-state index in [9.17, 15) is 29.8 Å². The van der Waals surface area contributed by atoms with Gasteiger partial charge in [-0.2, -0.15) is 0 Å². The summed E-state index contributed by atoms with van der Waals surface area (Å²) in [6.45, 7) is 0. The Morgan fingerprint density at radius 2 is 1.36 bits per heavy atom. The van der Waals surface area contributed by atoms with Gasteiger partial charge in [-0.3, -0.25) is 29.8 Å². The van der Waals surface area contributed by atoms with Crippen LogP contribution >= 0.6 is 11.6 Å². The van der Waals surface area contributed by atoms with E-state index in [0.29, 0.717) is 0 Å². The molecule has 0 saturated heterocycles. The van der Waals surface area contributed by atoms with Crippen molar-refractivity contribution in [3.63, 3.8) is 0 Å². The monoisotopic (exact) mass is 365 g/mol. The van der Waals surface area contributed by atoms with Crippen molar-refractivity contribution in [2.45, 2.75) is 0 Å². The van der Waals surface area contributed by atoms with Crippen molar-refractivity contribution in [3.05, 3.63) is 79.9 Å². The van der Waals surface area contributed by atoms with Crippen LogP contribution in [0.5, 0.6) is 0 Å². The highest BCUT2D eigenvalue weighted by atomic mass is 35.5. The van der Waals surface area contributed by atoms with Crippen molar-refractivity contribution >= 4 is 34.1 Å². The normalized spacial score (nSPS) is 9.36. The summed E-state index contributed by atoms with van der Waals surface area (Å²) in [5, 5.41) is 22.3. The molecule has 2 aromatic rings. The number of nitro groups is 2. The summed E-state index contributed by atoms with van der Waals surface area (Å²) < 4.78 is 0. The molecule has 25 heavy (non-hydrogen) atoms. The van der Waals surface area contributed by atoms with Crippen LogP contribution in [0.25, 0.3) is 0 Å². The number of carbonyl (C=O) groups excluding carboxylic acids is 2. The Morgan fingerprint density at radius 1 is 0.920 bits per heavy atom. The summed E-state index contributed by atoms with van der Waals surface area (Å²) in [6.07, 6.45) is 0. The zero-order chi connectivity index (χ0) is 19.0. The second-order valence-electron chi connectivity index (χ2n) is 4.47. The molecule has 130 valence electrons. The molecule has 0 bridgehead atoms. The zero-order valence-electron chi connectivity index (χ0n) is 12.8. The number of carbonyl (C=O) groups is 2. The minimum Gasteiger partial charge on any atom is -0.355 e. The van der Waals surface area contributed by atoms with Gasteiger partial charge in [0.05, 0.1) is 9.85 Å². The number of nitro benzene ring substituents is 2. The molecule has 0 aliphatic heterocycles. The molecule has 0 aromatic heterocycles. The largest absolute Gasteiger partial charge is 0.355 e. The van der Waals surface area contributed by atoms with E-state index in [4.69, 9.17) is 11.6 Å². The number of nitrogens with one attached hydrogen (secondary N) is 1. The minimum atomic E-state index is -0.696. The van der Waals surface area contributed by atoms with Crippen LogP contribution in [0.4, 0.5) is 11.4 Å². The number of benzene rings is 2. The molecule has 2 aromatic carbocycles. The van der Waals surface area contributed by atoms with Gasteiger partial charge in [0, 0.05) is 42.4 Å². The lowest BCUT2D eigenvalue weighted by Gasteiger charge is -1.98. The molecule has 0 radical (unpaired) electrons. The molecule has 0 fully saturated rings. The van der Waals surface area contributed by atoms with Gasteiger partial charge in [-0.05, 0) is 23.7 Å². The van der Waals surface area contributed by atoms with Crippen LogP contribution in [0.1, 0.15) is 20.7 Å². The van der Waals surface area contributed by atoms with Gasteiger partial charge in [0.1, 0.15) is 0 Å². The van der Waals surface area contributed by atoms with Crippen molar-refractivity contribution in [2.75, 3.05) is 7.05 Å². The maximum Gasteiger partial charge on any atom is 0.270 e. The minimum absolute atomic E-state index is 0.0823. The van der Waals surface area contributed by atoms with E-state index in [0.717, 1.165) is 6.07 Å². The van der Waals surface area contributed by atoms with Gasteiger partial charge in [-0.25, -0.2) is 0 Å². The number of non-ortho nitro benzene ring substituents is 2. The Hall–Kier alpha value is -3.33. The standard InChI is InChI=1S/C8H8N2O3.C7H4ClNO3/c1-9-8(11)6-3-2-4-7(5-6)10(12)13;8-7(10)5-2-1-3-6(4-5)9(11)12/h2-5H,1H3,(H,9,11);1-4H. The van der Waals surface area contributed by atoms with Crippen molar-refractivity contribution < 1.29 is 19.4 Å². The average molecular weight is 366 g/mol. The summed E-state index contributed by atoms with van der Waals surface area (Å²) in [5.74, 6) is -0.330. The molecule has 10 heteroatoms. The van der Waals surface area contributed by atoms with Crippen molar-refractivity contribution in [3.8, 4) is 0 Å². The Labute approximate surface area is 146 Å². The van der Waals surface area contributed by atoms with Crippen molar-refractivity contribution in [2.24, 2.45) is 0 Å².